The molecule has 2 aromatic rings. The highest BCUT2D eigenvalue weighted by Crippen LogP contribution is 2.21. The minimum absolute atomic E-state index is 0.0777. The summed E-state index contributed by atoms with van der Waals surface area (Å²) in [6.45, 7) is 2.03. The molecule has 0 fully saturated rings. The van der Waals surface area contributed by atoms with Crippen molar-refractivity contribution in [2.24, 2.45) is 0 Å². The van der Waals surface area contributed by atoms with Gasteiger partial charge in [-0.15, -0.1) is 0 Å². The lowest BCUT2D eigenvalue weighted by molar-refractivity contribution is -0.143. The van der Waals surface area contributed by atoms with Crippen molar-refractivity contribution in [3.8, 4) is 5.75 Å². The number of hydrogen-bond acceptors (Lipinski definition) is 7. The molecule has 9 heteroatoms. The van der Waals surface area contributed by atoms with Crippen molar-refractivity contribution in [1.82, 2.24) is 4.72 Å². The van der Waals surface area contributed by atoms with Gasteiger partial charge >= 0.3 is 5.97 Å². The number of carbonyl (C=O) groups excluding carboxylic acids is 3. The van der Waals surface area contributed by atoms with E-state index in [-0.39, 0.29) is 23.1 Å². The third-order valence-corrected chi connectivity index (χ3v) is 5.47. The molecule has 8 nitrogen and oxygen atoms in total. The lowest BCUT2D eigenvalue weighted by Gasteiger charge is -2.11. The Bertz CT molecular complexity index is 1030. The van der Waals surface area contributed by atoms with Gasteiger partial charge in [0.25, 0.3) is 0 Å². The molecule has 1 N–H and O–H groups in total. The SMILES string of the molecule is COc1ccc(C(C)=O)cc1COC(=O)CNS(=O)(=O)c1ccc(C(C)=O)cc1. The van der Waals surface area contributed by atoms with Crippen LogP contribution in [0.3, 0.4) is 0 Å². The van der Waals surface area contributed by atoms with Gasteiger partial charge in [-0.1, -0.05) is 12.1 Å². The van der Waals surface area contributed by atoms with Crippen LogP contribution in [0.5, 0.6) is 5.75 Å². The summed E-state index contributed by atoms with van der Waals surface area (Å²) in [6, 6.07) is 10.1. The number of sulfonamides is 1. The highest BCUT2D eigenvalue weighted by atomic mass is 32.2. The molecule has 2 aromatic carbocycles. The van der Waals surface area contributed by atoms with E-state index in [1.807, 2.05) is 0 Å². The predicted molar refractivity (Wildman–Crippen MR) is 104 cm³/mol. The molecule has 0 aromatic heterocycles. The van der Waals surface area contributed by atoms with E-state index in [4.69, 9.17) is 9.47 Å². The van der Waals surface area contributed by atoms with Crippen molar-refractivity contribution in [2.45, 2.75) is 25.3 Å². The predicted octanol–water partition coefficient (Wildman–Crippen LogP) is 2.12. The third kappa shape index (κ3) is 5.97. The Morgan fingerprint density at radius 3 is 2.07 bits per heavy atom. The van der Waals surface area contributed by atoms with Crippen LogP contribution in [0.4, 0.5) is 0 Å². The number of Topliss-reactive ketones (excluding diaryl/α,β-unsaturated/α-hetero) is 2. The Morgan fingerprint density at radius 1 is 0.931 bits per heavy atom. The van der Waals surface area contributed by atoms with Gasteiger partial charge in [-0.3, -0.25) is 14.4 Å². The van der Waals surface area contributed by atoms with Gasteiger partial charge in [0.15, 0.2) is 11.6 Å². The Kier molecular flexibility index (Phi) is 7.24. The first-order valence-electron chi connectivity index (χ1n) is 8.58. The molecule has 0 atom stereocenters. The first-order valence-corrected chi connectivity index (χ1v) is 10.1. The van der Waals surface area contributed by atoms with Gasteiger partial charge in [-0.05, 0) is 44.2 Å². The molecule has 0 spiro atoms. The molecular weight excluding hydrogens is 398 g/mol. The van der Waals surface area contributed by atoms with E-state index in [0.717, 1.165) is 0 Å². The van der Waals surface area contributed by atoms with E-state index in [9.17, 15) is 22.8 Å². The van der Waals surface area contributed by atoms with Gasteiger partial charge < -0.3 is 9.47 Å². The number of methoxy groups -OCH3 is 1. The van der Waals surface area contributed by atoms with Crippen molar-refractivity contribution in [3.63, 3.8) is 0 Å². The molecule has 0 heterocycles. The minimum atomic E-state index is -3.94. The molecular formula is C20H21NO7S. The molecule has 0 aliphatic carbocycles. The molecule has 0 saturated carbocycles. The summed E-state index contributed by atoms with van der Waals surface area (Å²) in [5.74, 6) is -0.698. The summed E-state index contributed by atoms with van der Waals surface area (Å²) in [5, 5.41) is 0. The Hall–Kier alpha value is -3.04. The molecule has 0 saturated heterocycles. The number of benzene rings is 2. The smallest absolute Gasteiger partial charge is 0.321 e. The van der Waals surface area contributed by atoms with E-state index < -0.39 is 22.5 Å². The summed E-state index contributed by atoms with van der Waals surface area (Å²) < 4.78 is 36.9. The number of nitrogens with one attached hydrogen (secondary N) is 1. The normalized spacial score (nSPS) is 11.0. The quantitative estimate of drug-likeness (QED) is 0.489. The maximum absolute atomic E-state index is 12.3. The van der Waals surface area contributed by atoms with Crippen LogP contribution in [0, 0.1) is 0 Å². The van der Waals surface area contributed by atoms with Crippen molar-refractivity contribution < 1.29 is 32.3 Å². The molecule has 0 aliphatic heterocycles. The standard InChI is InChI=1S/C20H21NO7S/c1-13(22)15-4-7-18(8-5-15)29(25,26)21-11-20(24)28-12-17-10-16(14(2)23)6-9-19(17)27-3/h4-10,21H,11-12H2,1-3H3. The van der Waals surface area contributed by atoms with E-state index in [0.29, 0.717) is 22.4 Å². The number of rotatable bonds is 9. The number of carbonyl (C=O) groups is 3. The summed E-state index contributed by atoms with van der Waals surface area (Å²) >= 11 is 0. The third-order valence-electron chi connectivity index (χ3n) is 4.05. The summed E-state index contributed by atoms with van der Waals surface area (Å²) in [6.07, 6.45) is 0. The van der Waals surface area contributed by atoms with E-state index in [1.54, 1.807) is 18.2 Å². The van der Waals surface area contributed by atoms with Crippen LogP contribution in [0.2, 0.25) is 0 Å². The zero-order chi connectivity index (χ0) is 21.6. The lowest BCUT2D eigenvalue weighted by atomic mass is 10.1. The zero-order valence-corrected chi connectivity index (χ0v) is 17.0. The molecule has 154 valence electrons. The van der Waals surface area contributed by atoms with Crippen molar-refractivity contribution >= 4 is 27.6 Å². The molecule has 29 heavy (non-hydrogen) atoms. The number of esters is 1. The largest absolute Gasteiger partial charge is 0.496 e. The molecule has 0 unspecified atom stereocenters. The van der Waals surface area contributed by atoms with Gasteiger partial charge in [0.1, 0.15) is 18.9 Å². The first-order chi connectivity index (χ1) is 13.6. The number of ketones is 2. The van der Waals surface area contributed by atoms with Gasteiger partial charge in [0, 0.05) is 16.7 Å². The van der Waals surface area contributed by atoms with Crippen LogP contribution < -0.4 is 9.46 Å². The Labute approximate surface area is 168 Å². The highest BCUT2D eigenvalue weighted by Gasteiger charge is 2.17. The van der Waals surface area contributed by atoms with Crippen LogP contribution in [0.1, 0.15) is 40.1 Å². The average Bonchev–Trinajstić information content (AvgIpc) is 2.70. The van der Waals surface area contributed by atoms with Gasteiger partial charge in [-0.25, -0.2) is 8.42 Å². The van der Waals surface area contributed by atoms with Crippen molar-refractivity contribution in [3.05, 3.63) is 59.2 Å². The van der Waals surface area contributed by atoms with Gasteiger partial charge in [-0.2, -0.15) is 4.72 Å². The van der Waals surface area contributed by atoms with Crippen molar-refractivity contribution in [2.75, 3.05) is 13.7 Å². The average molecular weight is 419 g/mol. The topological polar surface area (TPSA) is 116 Å². The summed E-state index contributed by atoms with van der Waals surface area (Å²) in [5.41, 5.74) is 1.30. The van der Waals surface area contributed by atoms with Gasteiger partial charge in [0.2, 0.25) is 10.0 Å². The molecule has 0 amide bonds. The molecule has 0 bridgehead atoms. The van der Waals surface area contributed by atoms with Crippen LogP contribution in [-0.4, -0.2) is 39.6 Å². The molecule has 0 aliphatic rings. The van der Waals surface area contributed by atoms with Crippen LogP contribution in [-0.2, 0) is 26.2 Å². The minimum Gasteiger partial charge on any atom is -0.496 e. The second-order valence-electron chi connectivity index (χ2n) is 6.15. The zero-order valence-electron chi connectivity index (χ0n) is 16.2. The Morgan fingerprint density at radius 2 is 1.52 bits per heavy atom. The van der Waals surface area contributed by atoms with E-state index >= 15 is 0 Å². The first kappa shape index (κ1) is 22.3. The fourth-order valence-corrected chi connectivity index (χ4v) is 3.39. The molecule has 0 radical (unpaired) electrons. The van der Waals surface area contributed by atoms with Crippen LogP contribution in [0.15, 0.2) is 47.4 Å². The summed E-state index contributed by atoms with van der Waals surface area (Å²) in [4.78, 5) is 34.6. The number of hydrogen-bond donors (Lipinski definition) is 1. The van der Waals surface area contributed by atoms with Crippen LogP contribution >= 0.6 is 0 Å². The number of ether oxygens (including phenoxy) is 2. The monoisotopic (exact) mass is 419 g/mol. The Balaban J connectivity index is 1.98. The summed E-state index contributed by atoms with van der Waals surface area (Å²) in [7, 11) is -2.50. The van der Waals surface area contributed by atoms with Gasteiger partial charge in [0.05, 0.1) is 12.0 Å². The maximum Gasteiger partial charge on any atom is 0.321 e. The second-order valence-corrected chi connectivity index (χ2v) is 7.92. The van der Waals surface area contributed by atoms with E-state index in [1.165, 1.54) is 45.2 Å². The molecule has 2 rings (SSSR count). The van der Waals surface area contributed by atoms with Crippen molar-refractivity contribution in [1.29, 1.82) is 0 Å². The second kappa shape index (κ2) is 9.44. The maximum atomic E-state index is 12.3. The van der Waals surface area contributed by atoms with Crippen LogP contribution in [0.25, 0.3) is 0 Å². The lowest BCUT2D eigenvalue weighted by Crippen LogP contribution is -2.30. The highest BCUT2D eigenvalue weighted by molar-refractivity contribution is 7.89. The fourth-order valence-electron chi connectivity index (χ4n) is 2.43. The fraction of sp³-hybridized carbons (Fsp3) is 0.250. The van der Waals surface area contributed by atoms with E-state index in [2.05, 4.69) is 4.72 Å².